The third kappa shape index (κ3) is 2.71. The molecule has 0 aliphatic carbocycles. The minimum atomic E-state index is -1.50. The molecule has 0 bridgehead atoms. The summed E-state index contributed by atoms with van der Waals surface area (Å²) >= 11 is 0. The highest BCUT2D eigenvalue weighted by atomic mass is 16.7. The summed E-state index contributed by atoms with van der Waals surface area (Å²) in [6.45, 7) is 1.46. The molecule has 1 aromatic rings. The fourth-order valence-corrected chi connectivity index (χ4v) is 1.53. The molecule has 1 atom stereocenters. The van der Waals surface area contributed by atoms with Crippen molar-refractivity contribution in [3.63, 3.8) is 0 Å². The molecule has 0 saturated heterocycles. The first-order valence-corrected chi connectivity index (χ1v) is 4.76. The van der Waals surface area contributed by atoms with E-state index >= 15 is 0 Å². The average molecular weight is 242 g/mol. The molecule has 0 fully saturated rings. The van der Waals surface area contributed by atoms with Crippen LogP contribution >= 0.6 is 0 Å². The Morgan fingerprint density at radius 2 is 2.18 bits per heavy atom. The second kappa shape index (κ2) is 5.60. The van der Waals surface area contributed by atoms with Gasteiger partial charge in [-0.05, 0) is 12.5 Å². The van der Waals surface area contributed by atoms with Gasteiger partial charge in [0.15, 0.2) is 11.9 Å². The fourth-order valence-electron chi connectivity index (χ4n) is 1.53. The van der Waals surface area contributed by atoms with Gasteiger partial charge in [0, 0.05) is 19.1 Å². The standard InChI is InChI=1S/C8H14N6O3/c1-8(15,7(16-2)17-3)6-5(4-10-13-9)11-14-12-6/h7,15H,4H2,1-3H3,(H,11,12,14). The Labute approximate surface area is 97.4 Å². The van der Waals surface area contributed by atoms with E-state index in [9.17, 15) is 5.11 Å². The minimum Gasteiger partial charge on any atom is -0.378 e. The van der Waals surface area contributed by atoms with Crippen LogP contribution in [-0.4, -0.2) is 41.0 Å². The topological polar surface area (TPSA) is 129 Å². The molecule has 9 nitrogen and oxygen atoms in total. The molecule has 0 aromatic carbocycles. The van der Waals surface area contributed by atoms with Crippen molar-refractivity contribution < 1.29 is 14.6 Å². The number of aliphatic hydroxyl groups is 1. The second-order valence-corrected chi connectivity index (χ2v) is 3.46. The Hall–Kier alpha value is -1.67. The van der Waals surface area contributed by atoms with Gasteiger partial charge in [-0.15, -0.1) is 0 Å². The van der Waals surface area contributed by atoms with Crippen molar-refractivity contribution in [2.45, 2.75) is 25.4 Å². The molecule has 0 saturated carbocycles. The minimum absolute atomic E-state index is 0.0152. The molecule has 1 rings (SSSR count). The van der Waals surface area contributed by atoms with Crippen molar-refractivity contribution in [1.82, 2.24) is 15.4 Å². The third-order valence-corrected chi connectivity index (χ3v) is 2.27. The van der Waals surface area contributed by atoms with Gasteiger partial charge in [-0.3, -0.25) is 0 Å². The van der Waals surface area contributed by atoms with E-state index in [2.05, 4.69) is 25.4 Å². The zero-order chi connectivity index (χ0) is 12.9. The highest BCUT2D eigenvalue weighted by Crippen LogP contribution is 2.27. The van der Waals surface area contributed by atoms with E-state index in [4.69, 9.17) is 15.0 Å². The first kappa shape index (κ1) is 13.4. The zero-order valence-electron chi connectivity index (χ0n) is 9.78. The first-order valence-electron chi connectivity index (χ1n) is 4.76. The lowest BCUT2D eigenvalue weighted by Crippen LogP contribution is -2.40. The summed E-state index contributed by atoms with van der Waals surface area (Å²) in [6.07, 6.45) is -0.905. The smallest absolute Gasteiger partial charge is 0.191 e. The van der Waals surface area contributed by atoms with Gasteiger partial charge in [0.05, 0.1) is 12.2 Å². The van der Waals surface area contributed by atoms with Crippen LogP contribution in [0.5, 0.6) is 0 Å². The van der Waals surface area contributed by atoms with E-state index in [0.29, 0.717) is 5.69 Å². The largest absolute Gasteiger partial charge is 0.378 e. The van der Waals surface area contributed by atoms with Crippen molar-refractivity contribution in [1.29, 1.82) is 0 Å². The summed E-state index contributed by atoms with van der Waals surface area (Å²) in [5.41, 5.74) is 7.31. The van der Waals surface area contributed by atoms with Crippen molar-refractivity contribution in [2.24, 2.45) is 5.11 Å². The zero-order valence-corrected chi connectivity index (χ0v) is 9.78. The Morgan fingerprint density at radius 1 is 1.53 bits per heavy atom. The Balaban J connectivity index is 3.05. The number of azide groups is 1. The molecule has 2 N–H and O–H groups in total. The molecule has 94 valence electrons. The maximum absolute atomic E-state index is 10.3. The molecule has 0 radical (unpaired) electrons. The summed E-state index contributed by atoms with van der Waals surface area (Å²) in [6, 6.07) is 0. The monoisotopic (exact) mass is 242 g/mol. The molecule has 9 heteroatoms. The molecular weight excluding hydrogens is 228 g/mol. The lowest BCUT2D eigenvalue weighted by atomic mass is 9.99. The molecule has 0 spiro atoms. The van der Waals surface area contributed by atoms with Gasteiger partial charge in [-0.25, -0.2) is 0 Å². The van der Waals surface area contributed by atoms with Gasteiger partial charge in [0.1, 0.15) is 5.69 Å². The van der Waals surface area contributed by atoms with E-state index in [0.717, 1.165) is 0 Å². The normalized spacial score (nSPS) is 14.4. The molecule has 0 aliphatic rings. The van der Waals surface area contributed by atoms with Crippen LogP contribution in [0.3, 0.4) is 0 Å². The number of hydrogen-bond donors (Lipinski definition) is 2. The molecule has 0 amide bonds. The van der Waals surface area contributed by atoms with Gasteiger partial charge < -0.3 is 14.6 Å². The maximum Gasteiger partial charge on any atom is 0.191 e. The van der Waals surface area contributed by atoms with Crippen LogP contribution in [0.2, 0.25) is 0 Å². The molecule has 0 aliphatic heterocycles. The summed E-state index contributed by atoms with van der Waals surface area (Å²) < 4.78 is 9.98. The average Bonchev–Trinajstić information content (AvgIpc) is 2.76. The Bertz CT molecular complexity index is 407. The van der Waals surface area contributed by atoms with E-state index in [1.165, 1.54) is 21.1 Å². The number of ether oxygens (including phenoxy) is 2. The highest BCUT2D eigenvalue weighted by Gasteiger charge is 2.39. The number of hydrogen-bond acceptors (Lipinski definition) is 6. The van der Waals surface area contributed by atoms with Crippen molar-refractivity contribution in [3.8, 4) is 0 Å². The lowest BCUT2D eigenvalue weighted by molar-refractivity contribution is -0.214. The SMILES string of the molecule is COC(OC)C(C)(O)c1n[nH]nc1CN=[N+]=[N-]. The number of H-pyrrole nitrogens is 1. The van der Waals surface area contributed by atoms with E-state index in [1.54, 1.807) is 0 Å². The van der Waals surface area contributed by atoms with Gasteiger partial charge in [-0.2, -0.15) is 15.4 Å². The second-order valence-electron chi connectivity index (χ2n) is 3.46. The van der Waals surface area contributed by atoms with Gasteiger partial charge >= 0.3 is 0 Å². The van der Waals surface area contributed by atoms with Crippen LogP contribution < -0.4 is 0 Å². The number of nitrogens with zero attached hydrogens (tertiary/aromatic N) is 5. The molecule has 1 aromatic heterocycles. The van der Waals surface area contributed by atoms with Crippen LogP contribution in [0.1, 0.15) is 18.3 Å². The summed E-state index contributed by atoms with van der Waals surface area (Å²) in [7, 11) is 2.80. The third-order valence-electron chi connectivity index (χ3n) is 2.27. The number of nitrogens with one attached hydrogen (secondary N) is 1. The molecule has 1 heterocycles. The van der Waals surface area contributed by atoms with Crippen LogP contribution in [0.15, 0.2) is 5.11 Å². The van der Waals surface area contributed by atoms with Gasteiger partial charge in [0.25, 0.3) is 0 Å². The van der Waals surface area contributed by atoms with Crippen LogP contribution in [0, 0.1) is 0 Å². The number of aromatic nitrogens is 3. The quantitative estimate of drug-likeness (QED) is 0.323. The molecular formula is C8H14N6O3. The number of methoxy groups -OCH3 is 2. The summed E-state index contributed by atoms with van der Waals surface area (Å²) in [5.74, 6) is 0. The van der Waals surface area contributed by atoms with Crippen LogP contribution in [-0.2, 0) is 21.6 Å². The fraction of sp³-hybridized carbons (Fsp3) is 0.750. The predicted molar refractivity (Wildman–Crippen MR) is 56.6 cm³/mol. The predicted octanol–water partition coefficient (Wildman–Crippen LogP) is 0.441. The van der Waals surface area contributed by atoms with Gasteiger partial charge in [-0.1, -0.05) is 5.11 Å². The van der Waals surface area contributed by atoms with Gasteiger partial charge in [0.2, 0.25) is 0 Å². The van der Waals surface area contributed by atoms with Crippen molar-refractivity contribution in [2.75, 3.05) is 14.2 Å². The molecule has 1 unspecified atom stereocenters. The van der Waals surface area contributed by atoms with E-state index in [1.807, 2.05) is 0 Å². The lowest BCUT2D eigenvalue weighted by Gasteiger charge is -2.29. The van der Waals surface area contributed by atoms with E-state index in [-0.39, 0.29) is 12.2 Å². The van der Waals surface area contributed by atoms with Crippen LogP contribution in [0.25, 0.3) is 10.4 Å². The van der Waals surface area contributed by atoms with Crippen LogP contribution in [0.4, 0.5) is 0 Å². The maximum atomic E-state index is 10.3. The summed E-state index contributed by atoms with van der Waals surface area (Å²) in [4.78, 5) is 2.62. The highest BCUT2D eigenvalue weighted by molar-refractivity contribution is 5.17. The van der Waals surface area contributed by atoms with E-state index < -0.39 is 11.9 Å². The molecule has 17 heavy (non-hydrogen) atoms. The Morgan fingerprint density at radius 3 is 2.71 bits per heavy atom. The summed E-state index contributed by atoms with van der Waals surface area (Å²) in [5, 5.41) is 23.7. The first-order chi connectivity index (χ1) is 8.07. The number of rotatable bonds is 6. The van der Waals surface area contributed by atoms with Crippen molar-refractivity contribution in [3.05, 3.63) is 21.8 Å². The Kier molecular flexibility index (Phi) is 4.41. The van der Waals surface area contributed by atoms with Crippen molar-refractivity contribution >= 4 is 0 Å². The number of aromatic amines is 1.